The summed E-state index contributed by atoms with van der Waals surface area (Å²) in [7, 11) is 1.49. The molecule has 0 fully saturated rings. The van der Waals surface area contributed by atoms with E-state index >= 15 is 0 Å². The summed E-state index contributed by atoms with van der Waals surface area (Å²) in [6.07, 6.45) is 0.385. The predicted octanol–water partition coefficient (Wildman–Crippen LogP) is 4.65. The van der Waals surface area contributed by atoms with Gasteiger partial charge in [0.05, 0.1) is 7.11 Å². The number of halogens is 3. The summed E-state index contributed by atoms with van der Waals surface area (Å²) in [6.45, 7) is 0. The molecule has 0 saturated carbocycles. The highest BCUT2D eigenvalue weighted by Gasteiger charge is 2.15. The molecule has 0 aromatic heterocycles. The van der Waals surface area contributed by atoms with Gasteiger partial charge in [-0.2, -0.15) is 0 Å². The molecule has 0 aliphatic carbocycles. The van der Waals surface area contributed by atoms with Crippen molar-refractivity contribution in [3.05, 3.63) is 65.2 Å². The van der Waals surface area contributed by atoms with E-state index in [-0.39, 0.29) is 16.5 Å². The van der Waals surface area contributed by atoms with Crippen LogP contribution in [0.15, 0.2) is 42.5 Å². The molecular weight excluding hydrogens is 314 g/mol. The molecule has 1 atom stereocenters. The second kappa shape index (κ2) is 6.15. The molecular formula is C15H13BrF2O. The minimum atomic E-state index is -0.363. The van der Waals surface area contributed by atoms with Gasteiger partial charge in [-0.3, -0.25) is 0 Å². The lowest BCUT2D eigenvalue weighted by atomic mass is 10.0. The molecule has 0 spiro atoms. The third kappa shape index (κ3) is 3.32. The topological polar surface area (TPSA) is 9.23 Å². The van der Waals surface area contributed by atoms with Crippen molar-refractivity contribution in [2.24, 2.45) is 0 Å². The summed E-state index contributed by atoms with van der Waals surface area (Å²) < 4.78 is 32.4. The molecule has 19 heavy (non-hydrogen) atoms. The highest BCUT2D eigenvalue weighted by Crippen LogP contribution is 2.31. The lowest BCUT2D eigenvalue weighted by Gasteiger charge is -2.12. The molecule has 0 bridgehead atoms. The fourth-order valence-electron chi connectivity index (χ4n) is 1.86. The van der Waals surface area contributed by atoms with Gasteiger partial charge >= 0.3 is 0 Å². The van der Waals surface area contributed by atoms with E-state index < -0.39 is 0 Å². The summed E-state index contributed by atoms with van der Waals surface area (Å²) in [4.78, 5) is -0.282. The van der Waals surface area contributed by atoms with Gasteiger partial charge in [-0.15, -0.1) is 0 Å². The molecule has 2 rings (SSSR count). The first-order valence-corrected chi connectivity index (χ1v) is 6.74. The molecule has 2 aromatic carbocycles. The molecule has 0 radical (unpaired) electrons. The van der Waals surface area contributed by atoms with Gasteiger partial charge in [-0.1, -0.05) is 40.2 Å². The van der Waals surface area contributed by atoms with E-state index in [0.717, 1.165) is 0 Å². The molecule has 1 nitrogen and oxygen atoms in total. The Morgan fingerprint density at radius 3 is 2.47 bits per heavy atom. The van der Waals surface area contributed by atoms with Crippen LogP contribution in [0.25, 0.3) is 0 Å². The molecule has 0 N–H and O–H groups in total. The van der Waals surface area contributed by atoms with Crippen molar-refractivity contribution >= 4 is 15.9 Å². The molecule has 2 aromatic rings. The highest BCUT2D eigenvalue weighted by molar-refractivity contribution is 9.09. The molecule has 0 amide bonds. The smallest absolute Gasteiger partial charge is 0.131 e. The largest absolute Gasteiger partial charge is 0.497 e. The summed E-state index contributed by atoms with van der Waals surface area (Å²) in [5.41, 5.74) is 1.05. The van der Waals surface area contributed by atoms with Crippen LogP contribution in [0, 0.1) is 11.6 Å². The maximum Gasteiger partial charge on any atom is 0.131 e. The number of benzene rings is 2. The van der Waals surface area contributed by atoms with Crippen LogP contribution >= 0.6 is 15.9 Å². The van der Waals surface area contributed by atoms with Gasteiger partial charge in [0.1, 0.15) is 17.4 Å². The average Bonchev–Trinajstić information content (AvgIpc) is 2.41. The SMILES string of the molecule is COc1ccc(C(Br)Cc2ccccc2F)c(F)c1. The van der Waals surface area contributed by atoms with Crippen LogP contribution in [-0.4, -0.2) is 7.11 Å². The zero-order valence-corrected chi connectivity index (χ0v) is 12.0. The van der Waals surface area contributed by atoms with Gasteiger partial charge in [-0.25, -0.2) is 8.78 Å². The number of methoxy groups -OCH3 is 1. The van der Waals surface area contributed by atoms with Crippen LogP contribution < -0.4 is 4.74 Å². The monoisotopic (exact) mass is 326 g/mol. The molecule has 0 saturated heterocycles. The molecule has 0 aliphatic rings. The minimum absolute atomic E-state index is 0.277. The summed E-state index contributed by atoms with van der Waals surface area (Å²) in [5.74, 6) is -0.176. The third-order valence-corrected chi connectivity index (χ3v) is 3.72. The van der Waals surface area contributed by atoms with Crippen molar-refractivity contribution in [1.29, 1.82) is 0 Å². The van der Waals surface area contributed by atoms with E-state index in [9.17, 15) is 8.78 Å². The maximum absolute atomic E-state index is 13.9. The zero-order chi connectivity index (χ0) is 13.8. The quantitative estimate of drug-likeness (QED) is 0.743. The fraction of sp³-hybridized carbons (Fsp3) is 0.200. The van der Waals surface area contributed by atoms with Crippen LogP contribution in [0.4, 0.5) is 8.78 Å². The lowest BCUT2D eigenvalue weighted by molar-refractivity contribution is 0.410. The molecule has 0 heterocycles. The number of hydrogen-bond acceptors (Lipinski definition) is 1. The van der Waals surface area contributed by atoms with Crippen molar-refractivity contribution in [1.82, 2.24) is 0 Å². The number of alkyl halides is 1. The minimum Gasteiger partial charge on any atom is -0.497 e. The van der Waals surface area contributed by atoms with Gasteiger partial charge in [0.2, 0.25) is 0 Å². The predicted molar refractivity (Wildman–Crippen MR) is 74.7 cm³/mol. The summed E-state index contributed by atoms with van der Waals surface area (Å²) in [5, 5.41) is 0. The van der Waals surface area contributed by atoms with Crippen molar-refractivity contribution in [2.75, 3.05) is 7.11 Å². The highest BCUT2D eigenvalue weighted by atomic mass is 79.9. The molecule has 0 aliphatic heterocycles. The Labute approximate surface area is 119 Å². The Hall–Kier alpha value is -1.42. The van der Waals surface area contributed by atoms with Gasteiger partial charge in [-0.05, 0) is 24.1 Å². The Kier molecular flexibility index (Phi) is 4.53. The van der Waals surface area contributed by atoms with Gasteiger partial charge in [0, 0.05) is 16.5 Å². The second-order valence-electron chi connectivity index (χ2n) is 4.15. The van der Waals surface area contributed by atoms with Crippen molar-refractivity contribution < 1.29 is 13.5 Å². The van der Waals surface area contributed by atoms with E-state index in [1.807, 2.05) is 0 Å². The first-order chi connectivity index (χ1) is 9.11. The number of hydrogen-bond donors (Lipinski definition) is 0. The first kappa shape index (κ1) is 14.0. The summed E-state index contributed by atoms with van der Waals surface area (Å²) >= 11 is 3.41. The Morgan fingerprint density at radius 2 is 1.84 bits per heavy atom. The van der Waals surface area contributed by atoms with Gasteiger partial charge in [0.15, 0.2) is 0 Å². The van der Waals surface area contributed by atoms with E-state index in [2.05, 4.69) is 15.9 Å². The normalized spacial score (nSPS) is 12.2. The fourth-order valence-corrected chi connectivity index (χ4v) is 2.58. The molecule has 4 heteroatoms. The molecule has 100 valence electrons. The van der Waals surface area contributed by atoms with Crippen LogP contribution in [-0.2, 0) is 6.42 Å². The summed E-state index contributed by atoms with van der Waals surface area (Å²) in [6, 6.07) is 11.2. The lowest BCUT2D eigenvalue weighted by Crippen LogP contribution is -2.01. The first-order valence-electron chi connectivity index (χ1n) is 5.82. The van der Waals surface area contributed by atoms with E-state index in [0.29, 0.717) is 23.3 Å². The van der Waals surface area contributed by atoms with Crippen molar-refractivity contribution in [2.45, 2.75) is 11.2 Å². The van der Waals surface area contributed by atoms with E-state index in [1.54, 1.807) is 30.3 Å². The van der Waals surface area contributed by atoms with Crippen LogP contribution in [0.1, 0.15) is 16.0 Å². The third-order valence-electron chi connectivity index (χ3n) is 2.90. The molecule has 1 unspecified atom stereocenters. The van der Waals surface area contributed by atoms with Crippen LogP contribution in [0.5, 0.6) is 5.75 Å². The van der Waals surface area contributed by atoms with Crippen molar-refractivity contribution in [3.63, 3.8) is 0 Å². The van der Waals surface area contributed by atoms with Gasteiger partial charge < -0.3 is 4.74 Å². The number of ether oxygens (including phenoxy) is 1. The second-order valence-corrected chi connectivity index (χ2v) is 5.26. The average molecular weight is 327 g/mol. The van der Waals surface area contributed by atoms with Crippen LogP contribution in [0.3, 0.4) is 0 Å². The Balaban J connectivity index is 2.21. The van der Waals surface area contributed by atoms with Crippen molar-refractivity contribution in [3.8, 4) is 5.75 Å². The van der Waals surface area contributed by atoms with E-state index in [1.165, 1.54) is 19.2 Å². The number of rotatable bonds is 4. The van der Waals surface area contributed by atoms with Crippen LogP contribution in [0.2, 0.25) is 0 Å². The standard InChI is InChI=1S/C15H13BrF2O/c1-19-11-6-7-12(15(18)9-11)13(16)8-10-4-2-3-5-14(10)17/h2-7,9,13H,8H2,1H3. The zero-order valence-electron chi connectivity index (χ0n) is 10.4. The van der Waals surface area contributed by atoms with Gasteiger partial charge in [0.25, 0.3) is 0 Å². The maximum atomic E-state index is 13.9. The Morgan fingerprint density at radius 1 is 1.11 bits per heavy atom. The Bertz CT molecular complexity index is 572. The van der Waals surface area contributed by atoms with E-state index in [4.69, 9.17) is 4.74 Å².